The van der Waals surface area contributed by atoms with E-state index in [1.807, 2.05) is 38.2 Å². The van der Waals surface area contributed by atoms with Crippen LogP contribution in [0.5, 0.6) is 5.75 Å². The number of hydrogen-bond donors (Lipinski definition) is 1. The molecule has 1 aromatic rings. The van der Waals surface area contributed by atoms with E-state index in [-0.39, 0.29) is 17.0 Å². The van der Waals surface area contributed by atoms with Crippen molar-refractivity contribution in [2.24, 2.45) is 0 Å². The Morgan fingerprint density at radius 1 is 1.29 bits per heavy atom. The summed E-state index contributed by atoms with van der Waals surface area (Å²) < 4.78 is 33.3. The van der Waals surface area contributed by atoms with E-state index in [9.17, 15) is 18.3 Å². The molecule has 150 valence electrons. The SMILES string of the molecule is CC1(C)CCc2cc(S(=O)(=O)N(CC(=O)O)CC3=CCC=CC=C3)ccc2O1. The van der Waals surface area contributed by atoms with Crippen LogP contribution in [-0.4, -0.2) is 42.5 Å². The molecule has 0 aromatic heterocycles. The Hall–Kier alpha value is -2.38. The Morgan fingerprint density at radius 3 is 2.82 bits per heavy atom. The number of nitrogens with zero attached hydrogens (tertiary/aromatic N) is 1. The van der Waals surface area contributed by atoms with Crippen molar-refractivity contribution in [1.29, 1.82) is 0 Å². The van der Waals surface area contributed by atoms with Crippen molar-refractivity contribution in [1.82, 2.24) is 4.31 Å². The lowest BCUT2D eigenvalue weighted by Gasteiger charge is -2.33. The Morgan fingerprint density at radius 2 is 2.07 bits per heavy atom. The normalized spacial score (nSPS) is 18.2. The van der Waals surface area contributed by atoms with Crippen LogP contribution in [0.25, 0.3) is 0 Å². The second-order valence-corrected chi connectivity index (χ2v) is 9.54. The van der Waals surface area contributed by atoms with Gasteiger partial charge in [0.05, 0.1) is 4.90 Å². The third kappa shape index (κ3) is 4.72. The van der Waals surface area contributed by atoms with Gasteiger partial charge < -0.3 is 9.84 Å². The number of benzene rings is 1. The van der Waals surface area contributed by atoms with Crippen molar-refractivity contribution in [2.45, 2.75) is 43.6 Å². The number of hydrogen-bond acceptors (Lipinski definition) is 4. The van der Waals surface area contributed by atoms with Crippen LogP contribution in [0.2, 0.25) is 0 Å². The van der Waals surface area contributed by atoms with Gasteiger partial charge in [-0.3, -0.25) is 4.79 Å². The van der Waals surface area contributed by atoms with E-state index in [1.54, 1.807) is 18.2 Å². The van der Waals surface area contributed by atoms with E-state index < -0.39 is 22.5 Å². The highest BCUT2D eigenvalue weighted by atomic mass is 32.2. The van der Waals surface area contributed by atoms with Crippen LogP contribution in [0.3, 0.4) is 0 Å². The van der Waals surface area contributed by atoms with Gasteiger partial charge in [0.2, 0.25) is 10.0 Å². The third-order valence-corrected chi connectivity index (χ3v) is 6.58. The number of aliphatic carboxylic acids is 1. The molecule has 1 aliphatic heterocycles. The Labute approximate surface area is 165 Å². The van der Waals surface area contributed by atoms with Crippen molar-refractivity contribution in [3.05, 3.63) is 59.7 Å². The lowest BCUT2D eigenvalue weighted by molar-refractivity contribution is -0.137. The Kier molecular flexibility index (Phi) is 5.76. The number of allylic oxidation sites excluding steroid dienone is 4. The number of carboxylic acids is 1. The number of ether oxygens (including phenoxy) is 1. The van der Waals surface area contributed by atoms with E-state index in [0.717, 1.165) is 21.9 Å². The molecule has 0 bridgehead atoms. The predicted molar refractivity (Wildman–Crippen MR) is 107 cm³/mol. The molecule has 0 amide bonds. The monoisotopic (exact) mass is 403 g/mol. The first-order valence-corrected chi connectivity index (χ1v) is 10.7. The maximum Gasteiger partial charge on any atom is 0.318 e. The molecule has 0 fully saturated rings. The molecule has 28 heavy (non-hydrogen) atoms. The van der Waals surface area contributed by atoms with Crippen LogP contribution < -0.4 is 4.74 Å². The van der Waals surface area contributed by atoms with Gasteiger partial charge >= 0.3 is 5.97 Å². The molecule has 7 heteroatoms. The molecular weight excluding hydrogens is 378 g/mol. The molecule has 0 spiro atoms. The van der Waals surface area contributed by atoms with Gasteiger partial charge in [0.25, 0.3) is 0 Å². The molecular formula is C21H25NO5S. The molecule has 3 rings (SSSR count). The quantitative estimate of drug-likeness (QED) is 0.788. The van der Waals surface area contributed by atoms with Crippen molar-refractivity contribution in [3.63, 3.8) is 0 Å². The molecule has 6 nitrogen and oxygen atoms in total. The number of sulfonamides is 1. The van der Waals surface area contributed by atoms with Crippen LogP contribution in [0.1, 0.15) is 32.3 Å². The van der Waals surface area contributed by atoms with E-state index in [1.165, 1.54) is 6.07 Å². The summed E-state index contributed by atoms with van der Waals surface area (Å²) in [6.45, 7) is 3.41. The maximum atomic E-state index is 13.2. The highest BCUT2D eigenvalue weighted by molar-refractivity contribution is 7.89. The lowest BCUT2D eigenvalue weighted by Crippen LogP contribution is -2.37. The summed E-state index contributed by atoms with van der Waals surface area (Å²) in [6, 6.07) is 4.76. The van der Waals surface area contributed by atoms with Gasteiger partial charge in [0, 0.05) is 6.54 Å². The topological polar surface area (TPSA) is 83.9 Å². The van der Waals surface area contributed by atoms with Crippen LogP contribution in [-0.2, 0) is 21.2 Å². The van der Waals surface area contributed by atoms with Crippen molar-refractivity contribution in [3.8, 4) is 5.75 Å². The molecule has 0 saturated carbocycles. The molecule has 1 aromatic carbocycles. The molecule has 2 aliphatic rings. The Bertz CT molecular complexity index is 957. The minimum Gasteiger partial charge on any atom is -0.488 e. The van der Waals surface area contributed by atoms with Gasteiger partial charge in [-0.15, -0.1) is 0 Å². The van der Waals surface area contributed by atoms with E-state index in [0.29, 0.717) is 18.6 Å². The third-order valence-electron chi connectivity index (χ3n) is 4.80. The van der Waals surface area contributed by atoms with Gasteiger partial charge in [-0.25, -0.2) is 8.42 Å². The summed E-state index contributed by atoms with van der Waals surface area (Å²) in [5.74, 6) is -0.511. The van der Waals surface area contributed by atoms with Gasteiger partial charge in [0.15, 0.2) is 0 Å². The van der Waals surface area contributed by atoms with Crippen molar-refractivity contribution < 1.29 is 23.1 Å². The largest absolute Gasteiger partial charge is 0.488 e. The summed E-state index contributed by atoms with van der Waals surface area (Å²) in [5, 5.41) is 9.25. The number of rotatable bonds is 6. The van der Waals surface area contributed by atoms with Gasteiger partial charge in [-0.2, -0.15) is 4.31 Å². The van der Waals surface area contributed by atoms with Crippen LogP contribution in [0, 0.1) is 0 Å². The summed E-state index contributed by atoms with van der Waals surface area (Å²) in [5.41, 5.74) is 1.31. The zero-order valence-electron chi connectivity index (χ0n) is 16.1. The summed E-state index contributed by atoms with van der Waals surface area (Å²) in [7, 11) is -3.97. The van der Waals surface area contributed by atoms with Crippen LogP contribution in [0.4, 0.5) is 0 Å². The molecule has 1 N–H and O–H groups in total. The van der Waals surface area contributed by atoms with E-state index in [2.05, 4.69) is 0 Å². The maximum absolute atomic E-state index is 13.2. The predicted octanol–water partition coefficient (Wildman–Crippen LogP) is 3.31. The summed E-state index contributed by atoms with van der Waals surface area (Å²) in [4.78, 5) is 11.4. The van der Waals surface area contributed by atoms with Crippen molar-refractivity contribution in [2.75, 3.05) is 13.1 Å². The number of carbonyl (C=O) groups is 1. The first-order chi connectivity index (χ1) is 13.2. The molecule has 1 aliphatic carbocycles. The summed E-state index contributed by atoms with van der Waals surface area (Å²) in [6.07, 6.45) is 11.5. The van der Waals surface area contributed by atoms with Crippen LogP contribution in [0.15, 0.2) is 59.0 Å². The fourth-order valence-electron chi connectivity index (χ4n) is 3.27. The van der Waals surface area contributed by atoms with E-state index in [4.69, 9.17) is 4.74 Å². The van der Waals surface area contributed by atoms with Crippen molar-refractivity contribution >= 4 is 16.0 Å². The zero-order valence-corrected chi connectivity index (χ0v) is 16.9. The highest BCUT2D eigenvalue weighted by Gasteiger charge is 2.31. The van der Waals surface area contributed by atoms with Gasteiger partial charge in [0.1, 0.15) is 17.9 Å². The number of carboxylic acid groups (broad SMARTS) is 1. The molecule has 1 heterocycles. The fourth-order valence-corrected chi connectivity index (χ4v) is 4.69. The molecule has 0 radical (unpaired) electrons. The van der Waals surface area contributed by atoms with E-state index >= 15 is 0 Å². The Balaban J connectivity index is 1.91. The minimum absolute atomic E-state index is 0.00737. The number of aryl methyl sites for hydroxylation is 1. The standard InChI is InChI=1S/C21H25NO5S/c1-21(2)12-11-17-13-18(9-10-19(17)27-21)28(25,26)22(15-20(23)24)14-16-7-5-3-4-6-8-16/h3-5,7-10,13H,6,11-12,14-15H2,1-2H3,(H,23,24). The molecule has 0 atom stereocenters. The van der Waals surface area contributed by atoms with Gasteiger partial charge in [-0.05, 0) is 62.4 Å². The zero-order chi connectivity index (χ0) is 20.4. The second-order valence-electron chi connectivity index (χ2n) is 7.60. The lowest BCUT2D eigenvalue weighted by atomic mass is 9.94. The first-order valence-electron chi connectivity index (χ1n) is 9.23. The average Bonchev–Trinajstić information content (AvgIpc) is 2.88. The van der Waals surface area contributed by atoms with Crippen LogP contribution >= 0.6 is 0 Å². The van der Waals surface area contributed by atoms with Gasteiger partial charge in [-0.1, -0.05) is 30.4 Å². The summed E-state index contributed by atoms with van der Waals surface area (Å²) >= 11 is 0. The molecule has 0 saturated heterocycles. The first kappa shape index (κ1) is 20.4. The second kappa shape index (κ2) is 7.93. The number of fused-ring (bicyclic) bond motifs is 1. The smallest absolute Gasteiger partial charge is 0.318 e. The highest BCUT2D eigenvalue weighted by Crippen LogP contribution is 2.35. The fraction of sp³-hybridized carbons (Fsp3) is 0.381. The average molecular weight is 404 g/mol. The minimum atomic E-state index is -3.97. The molecule has 0 unspecified atom stereocenters.